The Balaban J connectivity index is 1.97. The van der Waals surface area contributed by atoms with Crippen LogP contribution in [0.15, 0.2) is 45.3 Å². The first-order valence-electron chi connectivity index (χ1n) is 6.20. The van der Waals surface area contributed by atoms with Gasteiger partial charge in [-0.1, -0.05) is 22.0 Å². The van der Waals surface area contributed by atoms with E-state index in [2.05, 4.69) is 42.5 Å². The van der Waals surface area contributed by atoms with Crippen LogP contribution in [0, 0.1) is 12.7 Å². The second kappa shape index (κ2) is 7.04. The van der Waals surface area contributed by atoms with Gasteiger partial charge >= 0.3 is 0 Å². The molecule has 2 aromatic rings. The maximum Gasteiger partial charge on any atom is 0.243 e. The van der Waals surface area contributed by atoms with E-state index in [1.807, 2.05) is 25.1 Å². The van der Waals surface area contributed by atoms with Crippen molar-refractivity contribution in [1.29, 1.82) is 0 Å². The fraction of sp³-hybridized carbons (Fsp3) is 0.133. The summed E-state index contributed by atoms with van der Waals surface area (Å²) in [5.74, 6) is -0.564. The van der Waals surface area contributed by atoms with E-state index < -0.39 is 0 Å². The average molecular weight is 416 g/mol. The van der Waals surface area contributed by atoms with Crippen molar-refractivity contribution in [2.24, 2.45) is 0 Å². The molecule has 0 aliphatic carbocycles. The van der Waals surface area contributed by atoms with Crippen molar-refractivity contribution in [2.75, 3.05) is 17.2 Å². The first-order chi connectivity index (χ1) is 9.95. The van der Waals surface area contributed by atoms with E-state index in [9.17, 15) is 9.18 Å². The third-order valence-corrected chi connectivity index (χ3v) is 3.92. The first kappa shape index (κ1) is 16.0. The topological polar surface area (TPSA) is 41.1 Å². The van der Waals surface area contributed by atoms with Crippen LogP contribution < -0.4 is 10.6 Å². The lowest BCUT2D eigenvalue weighted by Crippen LogP contribution is -2.22. The number of halogens is 3. The predicted octanol–water partition coefficient (Wildman–Crippen LogP) is 4.71. The number of rotatable bonds is 4. The number of hydrogen-bond acceptors (Lipinski definition) is 2. The molecule has 0 unspecified atom stereocenters. The molecule has 0 atom stereocenters. The molecule has 6 heteroatoms. The maximum absolute atomic E-state index is 13.5. The van der Waals surface area contributed by atoms with E-state index in [4.69, 9.17) is 0 Å². The summed E-state index contributed by atoms with van der Waals surface area (Å²) in [5, 5.41) is 5.70. The number of nitrogens with one attached hydrogen (secondary N) is 2. The highest BCUT2D eigenvalue weighted by molar-refractivity contribution is 9.10. The number of aryl methyl sites for hydroxylation is 1. The molecule has 0 aliphatic heterocycles. The molecular formula is C15H13Br2FN2O. The molecule has 0 aromatic heterocycles. The molecule has 2 rings (SSSR count). The van der Waals surface area contributed by atoms with E-state index in [1.165, 1.54) is 6.07 Å². The summed E-state index contributed by atoms with van der Waals surface area (Å²) in [5.41, 5.74) is 2.16. The molecule has 3 nitrogen and oxygen atoms in total. The maximum atomic E-state index is 13.5. The first-order valence-corrected chi connectivity index (χ1v) is 7.79. The Hall–Kier alpha value is -1.40. The molecule has 0 saturated heterocycles. The summed E-state index contributed by atoms with van der Waals surface area (Å²) >= 11 is 6.46. The summed E-state index contributed by atoms with van der Waals surface area (Å²) in [6, 6.07) is 10.4. The van der Waals surface area contributed by atoms with Gasteiger partial charge in [0.05, 0.1) is 11.0 Å². The van der Waals surface area contributed by atoms with Crippen LogP contribution in [0.5, 0.6) is 0 Å². The summed E-state index contributed by atoms with van der Waals surface area (Å²) in [7, 11) is 0. The molecule has 0 fully saturated rings. The van der Waals surface area contributed by atoms with E-state index in [0.717, 1.165) is 10.0 Å². The standard InChI is InChI=1S/C15H13Br2FN2O/c1-9-5-12(17)13(18)7-14(9)19-8-15(21)20-11-4-2-3-10(16)6-11/h2-7,19H,8H2,1H3,(H,20,21). The molecule has 2 N–H and O–H groups in total. The van der Waals surface area contributed by atoms with Crippen LogP contribution in [-0.2, 0) is 4.79 Å². The van der Waals surface area contributed by atoms with Crippen molar-refractivity contribution in [1.82, 2.24) is 0 Å². The highest BCUT2D eigenvalue weighted by Crippen LogP contribution is 2.23. The minimum Gasteiger partial charge on any atom is -0.376 e. The van der Waals surface area contributed by atoms with Crippen LogP contribution in [-0.4, -0.2) is 12.5 Å². The van der Waals surface area contributed by atoms with Gasteiger partial charge in [0, 0.05) is 15.8 Å². The lowest BCUT2D eigenvalue weighted by atomic mass is 10.2. The minimum absolute atomic E-state index is 0.0639. The molecule has 0 radical (unpaired) electrons. The second-order valence-electron chi connectivity index (χ2n) is 4.49. The van der Waals surface area contributed by atoms with Crippen LogP contribution in [0.25, 0.3) is 0 Å². The average Bonchev–Trinajstić information content (AvgIpc) is 2.41. The van der Waals surface area contributed by atoms with E-state index in [0.29, 0.717) is 15.8 Å². The molecule has 21 heavy (non-hydrogen) atoms. The Morgan fingerprint density at radius 3 is 2.71 bits per heavy atom. The quantitative estimate of drug-likeness (QED) is 0.759. The Bertz CT molecular complexity index is 677. The highest BCUT2D eigenvalue weighted by Gasteiger charge is 2.07. The number of amides is 1. The van der Waals surface area contributed by atoms with Gasteiger partial charge in [0.2, 0.25) is 5.91 Å². The number of anilines is 2. The smallest absolute Gasteiger partial charge is 0.243 e. The second-order valence-corrected chi connectivity index (χ2v) is 6.26. The van der Waals surface area contributed by atoms with Crippen LogP contribution in [0.2, 0.25) is 0 Å². The fourth-order valence-corrected chi connectivity index (χ4v) is 2.64. The van der Waals surface area contributed by atoms with Crippen LogP contribution in [0.3, 0.4) is 0 Å². The lowest BCUT2D eigenvalue weighted by Gasteiger charge is -2.11. The Morgan fingerprint density at radius 2 is 2.00 bits per heavy atom. The fourth-order valence-electron chi connectivity index (χ4n) is 1.78. The zero-order valence-corrected chi connectivity index (χ0v) is 14.4. The molecule has 110 valence electrons. The zero-order valence-electron chi connectivity index (χ0n) is 11.2. The molecule has 2 aromatic carbocycles. The summed E-state index contributed by atoms with van der Waals surface area (Å²) in [6.45, 7) is 1.91. The third kappa shape index (κ3) is 4.54. The summed E-state index contributed by atoms with van der Waals surface area (Å²) < 4.78 is 14.8. The van der Waals surface area contributed by atoms with E-state index in [1.54, 1.807) is 12.1 Å². The van der Waals surface area contributed by atoms with Gasteiger partial charge in [-0.05, 0) is 58.7 Å². The number of carbonyl (C=O) groups is 1. The number of carbonyl (C=O) groups excluding carboxylic acids is 1. The monoisotopic (exact) mass is 414 g/mol. The minimum atomic E-state index is -0.365. The SMILES string of the molecule is Cc1cc(Br)c(F)cc1NCC(=O)Nc1cccc(Br)c1. The van der Waals surface area contributed by atoms with Crippen molar-refractivity contribution in [3.63, 3.8) is 0 Å². The molecule has 0 aliphatic rings. The van der Waals surface area contributed by atoms with Gasteiger partial charge in [-0.15, -0.1) is 0 Å². The molecular weight excluding hydrogens is 403 g/mol. The number of benzene rings is 2. The van der Waals surface area contributed by atoms with Crippen molar-refractivity contribution < 1.29 is 9.18 Å². The largest absolute Gasteiger partial charge is 0.376 e. The Kier molecular flexibility index (Phi) is 5.36. The molecule has 1 amide bonds. The summed E-state index contributed by atoms with van der Waals surface area (Å²) in [6.07, 6.45) is 0. The van der Waals surface area contributed by atoms with Crippen molar-refractivity contribution in [3.05, 3.63) is 56.7 Å². The normalized spacial score (nSPS) is 10.3. The van der Waals surface area contributed by atoms with E-state index in [-0.39, 0.29) is 18.3 Å². The van der Waals surface area contributed by atoms with Gasteiger partial charge in [-0.25, -0.2) is 4.39 Å². The third-order valence-electron chi connectivity index (χ3n) is 2.82. The Labute approximate surface area is 139 Å². The van der Waals surface area contributed by atoms with Crippen molar-refractivity contribution >= 4 is 49.1 Å². The van der Waals surface area contributed by atoms with Crippen LogP contribution in [0.1, 0.15) is 5.56 Å². The van der Waals surface area contributed by atoms with Crippen LogP contribution >= 0.6 is 31.9 Å². The van der Waals surface area contributed by atoms with Gasteiger partial charge in [-0.2, -0.15) is 0 Å². The zero-order chi connectivity index (χ0) is 15.4. The summed E-state index contributed by atoms with van der Waals surface area (Å²) in [4.78, 5) is 11.9. The van der Waals surface area contributed by atoms with Gasteiger partial charge in [-0.3, -0.25) is 4.79 Å². The van der Waals surface area contributed by atoms with Crippen molar-refractivity contribution in [2.45, 2.75) is 6.92 Å². The predicted molar refractivity (Wildman–Crippen MR) is 90.1 cm³/mol. The van der Waals surface area contributed by atoms with E-state index >= 15 is 0 Å². The molecule has 0 spiro atoms. The van der Waals surface area contributed by atoms with Gasteiger partial charge < -0.3 is 10.6 Å². The Morgan fingerprint density at radius 1 is 1.24 bits per heavy atom. The van der Waals surface area contributed by atoms with Gasteiger partial charge in [0.1, 0.15) is 5.82 Å². The highest BCUT2D eigenvalue weighted by atomic mass is 79.9. The lowest BCUT2D eigenvalue weighted by molar-refractivity contribution is -0.114. The van der Waals surface area contributed by atoms with Crippen LogP contribution in [0.4, 0.5) is 15.8 Å². The van der Waals surface area contributed by atoms with Crippen molar-refractivity contribution in [3.8, 4) is 0 Å². The van der Waals surface area contributed by atoms with Gasteiger partial charge in [0.25, 0.3) is 0 Å². The van der Waals surface area contributed by atoms with Gasteiger partial charge in [0.15, 0.2) is 0 Å². The molecule has 0 heterocycles. The number of hydrogen-bond donors (Lipinski definition) is 2. The molecule has 0 saturated carbocycles. The molecule has 0 bridgehead atoms.